The molecule has 1 N–H and O–H groups in total. The minimum atomic E-state index is -0.595. The van der Waals surface area contributed by atoms with Crippen molar-refractivity contribution >= 4 is 34.8 Å². The largest absolute Gasteiger partial charge is 0.332 e. The van der Waals surface area contributed by atoms with Gasteiger partial charge in [0.1, 0.15) is 0 Å². The lowest BCUT2D eigenvalue weighted by Crippen LogP contribution is -2.35. The number of nitrogens with zero attached hydrogens (tertiary/aromatic N) is 2. The highest BCUT2D eigenvalue weighted by molar-refractivity contribution is 6.34. The van der Waals surface area contributed by atoms with Crippen molar-refractivity contribution in [2.75, 3.05) is 18.9 Å². The molecule has 0 radical (unpaired) electrons. The zero-order valence-electron chi connectivity index (χ0n) is 14.4. The Balaban J connectivity index is 2.07. The van der Waals surface area contributed by atoms with Crippen LogP contribution in [0.2, 0.25) is 5.02 Å². The number of carbonyl (C=O) groups is 2. The molecule has 0 aliphatic rings. The summed E-state index contributed by atoms with van der Waals surface area (Å²) in [7, 11) is 1.46. The molecule has 0 heterocycles. The second-order valence-corrected chi connectivity index (χ2v) is 6.05. The van der Waals surface area contributed by atoms with Gasteiger partial charge in [-0.2, -0.15) is 0 Å². The average Bonchev–Trinajstić information content (AvgIpc) is 2.61. The maximum absolute atomic E-state index is 12.4. The first kappa shape index (κ1) is 19.4. The smallest absolute Gasteiger partial charge is 0.270 e. The molecule has 7 nitrogen and oxygen atoms in total. The summed E-state index contributed by atoms with van der Waals surface area (Å²) in [5.74, 6) is -0.844. The van der Waals surface area contributed by atoms with E-state index in [1.165, 1.54) is 24.1 Å². The standard InChI is InChI=1S/C18H18ClN3O4/c1-3-12-6-4-5-7-16(12)20-17(23)11-21(2)18(24)14-9-8-13(22(25)26)10-15(14)19/h4-10H,3,11H2,1-2H3,(H,20,23). The molecule has 136 valence electrons. The molecule has 8 heteroatoms. The number of nitrogens with one attached hydrogen (secondary N) is 1. The number of nitro groups is 1. The minimum Gasteiger partial charge on any atom is -0.332 e. The van der Waals surface area contributed by atoms with Crippen LogP contribution in [0.5, 0.6) is 0 Å². The summed E-state index contributed by atoms with van der Waals surface area (Å²) in [6.45, 7) is 1.81. The number of non-ortho nitro benzene ring substituents is 1. The van der Waals surface area contributed by atoms with Crippen LogP contribution in [0.1, 0.15) is 22.8 Å². The number of amides is 2. The number of rotatable bonds is 6. The van der Waals surface area contributed by atoms with Crippen molar-refractivity contribution in [1.82, 2.24) is 4.90 Å². The van der Waals surface area contributed by atoms with Crippen molar-refractivity contribution < 1.29 is 14.5 Å². The molecular formula is C18H18ClN3O4. The molecule has 0 aliphatic heterocycles. The van der Waals surface area contributed by atoms with Gasteiger partial charge in [-0.15, -0.1) is 0 Å². The molecule has 0 unspecified atom stereocenters. The first-order valence-electron chi connectivity index (χ1n) is 7.90. The first-order valence-corrected chi connectivity index (χ1v) is 8.28. The molecule has 0 saturated carbocycles. The van der Waals surface area contributed by atoms with Crippen molar-refractivity contribution in [3.8, 4) is 0 Å². The Morgan fingerprint density at radius 1 is 1.23 bits per heavy atom. The van der Waals surface area contributed by atoms with E-state index in [1.54, 1.807) is 6.07 Å². The lowest BCUT2D eigenvalue weighted by molar-refractivity contribution is -0.384. The maximum atomic E-state index is 12.4. The van der Waals surface area contributed by atoms with Gasteiger partial charge in [-0.1, -0.05) is 36.7 Å². The lowest BCUT2D eigenvalue weighted by Gasteiger charge is -2.18. The fraction of sp³-hybridized carbons (Fsp3) is 0.222. The van der Waals surface area contributed by atoms with Gasteiger partial charge in [0.15, 0.2) is 0 Å². The normalized spacial score (nSPS) is 10.3. The summed E-state index contributed by atoms with van der Waals surface area (Å²) in [6.07, 6.45) is 0.767. The van der Waals surface area contributed by atoms with Crippen molar-refractivity contribution in [3.05, 3.63) is 68.7 Å². The Hall–Kier alpha value is -2.93. The van der Waals surface area contributed by atoms with Crippen molar-refractivity contribution in [2.45, 2.75) is 13.3 Å². The molecule has 2 rings (SSSR count). The molecule has 0 bridgehead atoms. The number of hydrogen-bond acceptors (Lipinski definition) is 4. The molecule has 2 aromatic rings. The highest BCUT2D eigenvalue weighted by atomic mass is 35.5. The van der Waals surface area contributed by atoms with E-state index in [0.29, 0.717) is 5.69 Å². The molecule has 2 amide bonds. The average molecular weight is 376 g/mol. The van der Waals surface area contributed by atoms with E-state index in [-0.39, 0.29) is 28.7 Å². The number of anilines is 1. The topological polar surface area (TPSA) is 92.6 Å². The summed E-state index contributed by atoms with van der Waals surface area (Å²) >= 11 is 5.97. The number of hydrogen-bond donors (Lipinski definition) is 1. The minimum absolute atomic E-state index is 0.0345. The van der Waals surface area contributed by atoms with Gasteiger partial charge in [0.05, 0.1) is 22.1 Å². The number of para-hydroxylation sites is 1. The fourth-order valence-electron chi connectivity index (χ4n) is 2.42. The van der Waals surface area contributed by atoms with Crippen molar-refractivity contribution in [3.63, 3.8) is 0 Å². The van der Waals surface area contributed by atoms with E-state index in [0.717, 1.165) is 18.1 Å². The Bertz CT molecular complexity index is 854. The summed E-state index contributed by atoms with van der Waals surface area (Å²) in [5, 5.41) is 13.5. The van der Waals surface area contributed by atoms with Crippen molar-refractivity contribution in [1.29, 1.82) is 0 Å². The predicted molar refractivity (Wildman–Crippen MR) is 99.5 cm³/mol. The van der Waals surface area contributed by atoms with Crippen LogP contribution in [0.3, 0.4) is 0 Å². The Kier molecular flexibility index (Phi) is 6.30. The van der Waals surface area contributed by atoms with Gasteiger partial charge in [-0.25, -0.2) is 0 Å². The quantitative estimate of drug-likeness (QED) is 0.617. The Labute approximate surface area is 155 Å². The molecular weight excluding hydrogens is 358 g/mol. The third-order valence-electron chi connectivity index (χ3n) is 3.79. The van der Waals surface area contributed by atoms with Gasteiger partial charge in [-0.05, 0) is 24.1 Å². The number of nitro benzene ring substituents is 1. The molecule has 2 aromatic carbocycles. The second kappa shape index (κ2) is 8.44. The molecule has 0 saturated heterocycles. The van der Waals surface area contributed by atoms with Crippen LogP contribution in [0.25, 0.3) is 0 Å². The molecule has 0 spiro atoms. The molecule has 26 heavy (non-hydrogen) atoms. The van der Waals surface area contributed by atoms with Crippen LogP contribution >= 0.6 is 11.6 Å². The highest BCUT2D eigenvalue weighted by Crippen LogP contribution is 2.23. The van der Waals surface area contributed by atoms with E-state index in [4.69, 9.17) is 11.6 Å². The van der Waals surface area contributed by atoms with Gasteiger partial charge in [0, 0.05) is 24.9 Å². The van der Waals surface area contributed by atoms with E-state index >= 15 is 0 Å². The Morgan fingerprint density at radius 3 is 2.54 bits per heavy atom. The van der Waals surface area contributed by atoms with Gasteiger partial charge >= 0.3 is 0 Å². The van der Waals surface area contributed by atoms with Crippen LogP contribution in [0.15, 0.2) is 42.5 Å². The van der Waals surface area contributed by atoms with E-state index in [1.807, 2.05) is 25.1 Å². The number of halogens is 1. The number of aryl methyl sites for hydroxylation is 1. The zero-order chi connectivity index (χ0) is 19.3. The van der Waals surface area contributed by atoms with Crippen LogP contribution in [-0.2, 0) is 11.2 Å². The SMILES string of the molecule is CCc1ccccc1NC(=O)CN(C)C(=O)c1ccc([N+](=O)[O-])cc1Cl. The van der Waals surface area contributed by atoms with E-state index in [2.05, 4.69) is 5.32 Å². The van der Waals surface area contributed by atoms with Gasteiger partial charge in [-0.3, -0.25) is 19.7 Å². The molecule has 0 aromatic heterocycles. The monoisotopic (exact) mass is 375 g/mol. The number of benzene rings is 2. The van der Waals surface area contributed by atoms with Crippen molar-refractivity contribution in [2.24, 2.45) is 0 Å². The number of likely N-dealkylation sites (N-methyl/N-ethyl adjacent to an activating group) is 1. The number of carbonyl (C=O) groups excluding carboxylic acids is 2. The van der Waals surface area contributed by atoms with E-state index in [9.17, 15) is 19.7 Å². The lowest BCUT2D eigenvalue weighted by atomic mass is 10.1. The summed E-state index contributed by atoms with van der Waals surface area (Å²) in [5.41, 5.74) is 1.59. The summed E-state index contributed by atoms with van der Waals surface area (Å²) < 4.78 is 0. The van der Waals surface area contributed by atoms with Gasteiger partial charge < -0.3 is 10.2 Å². The fourth-order valence-corrected chi connectivity index (χ4v) is 2.68. The van der Waals surface area contributed by atoms with E-state index < -0.39 is 10.8 Å². The third kappa shape index (κ3) is 4.58. The summed E-state index contributed by atoms with van der Waals surface area (Å²) in [6, 6.07) is 11.0. The van der Waals surface area contributed by atoms with Crippen LogP contribution in [0.4, 0.5) is 11.4 Å². The maximum Gasteiger partial charge on any atom is 0.270 e. The molecule has 0 atom stereocenters. The van der Waals surface area contributed by atoms with Crippen LogP contribution in [0, 0.1) is 10.1 Å². The first-order chi connectivity index (χ1) is 12.3. The molecule has 0 fully saturated rings. The third-order valence-corrected chi connectivity index (χ3v) is 4.11. The summed E-state index contributed by atoms with van der Waals surface area (Å²) in [4.78, 5) is 36.0. The predicted octanol–water partition coefficient (Wildman–Crippen LogP) is 3.52. The Morgan fingerprint density at radius 2 is 1.92 bits per heavy atom. The zero-order valence-corrected chi connectivity index (χ0v) is 15.1. The highest BCUT2D eigenvalue weighted by Gasteiger charge is 2.20. The second-order valence-electron chi connectivity index (χ2n) is 5.64. The van der Waals surface area contributed by atoms with Gasteiger partial charge in [0.25, 0.3) is 11.6 Å². The molecule has 0 aliphatic carbocycles. The van der Waals surface area contributed by atoms with Crippen LogP contribution < -0.4 is 5.32 Å². The van der Waals surface area contributed by atoms with Gasteiger partial charge in [0.2, 0.25) is 5.91 Å². The van der Waals surface area contributed by atoms with Crippen LogP contribution in [-0.4, -0.2) is 35.2 Å².